The molecule has 0 aromatic carbocycles. The van der Waals surface area contributed by atoms with Gasteiger partial charge in [-0.25, -0.2) is 0 Å². The molecule has 1 heterocycles. The van der Waals surface area contributed by atoms with Crippen molar-refractivity contribution in [3.63, 3.8) is 0 Å². The van der Waals surface area contributed by atoms with Gasteiger partial charge in [0.1, 0.15) is 5.76 Å². The largest absolute Gasteiger partial charge is 0.469 e. The number of furan rings is 1. The van der Waals surface area contributed by atoms with E-state index in [0.29, 0.717) is 6.61 Å². The topological polar surface area (TPSA) is 34.4 Å². The van der Waals surface area contributed by atoms with Crippen LogP contribution in [0.3, 0.4) is 0 Å². The van der Waals surface area contributed by atoms with E-state index in [4.69, 9.17) is 9.15 Å². The lowest BCUT2D eigenvalue weighted by Crippen LogP contribution is -2.23. The third-order valence-corrected chi connectivity index (χ3v) is 2.22. The zero-order valence-electron chi connectivity index (χ0n) is 9.33. The van der Waals surface area contributed by atoms with E-state index in [9.17, 15) is 0 Å². The highest BCUT2D eigenvalue weighted by atomic mass is 16.5. The molecule has 0 bridgehead atoms. The molecule has 1 atom stereocenters. The average molecular weight is 197 g/mol. The van der Waals surface area contributed by atoms with E-state index in [1.165, 1.54) is 5.56 Å². The van der Waals surface area contributed by atoms with Gasteiger partial charge in [0.15, 0.2) is 0 Å². The van der Waals surface area contributed by atoms with Crippen molar-refractivity contribution < 1.29 is 9.15 Å². The van der Waals surface area contributed by atoms with Crippen molar-refractivity contribution in [3.8, 4) is 0 Å². The highest BCUT2D eigenvalue weighted by molar-refractivity contribution is 5.20. The summed E-state index contributed by atoms with van der Waals surface area (Å²) >= 11 is 0. The summed E-state index contributed by atoms with van der Waals surface area (Å²) in [5.41, 5.74) is 1.17. The van der Waals surface area contributed by atoms with E-state index in [1.54, 1.807) is 6.26 Å². The summed E-state index contributed by atoms with van der Waals surface area (Å²) < 4.78 is 10.8. The Hall–Kier alpha value is -0.800. The molecular weight excluding hydrogens is 178 g/mol. The standard InChI is InChI=1S/C11H19NO2/c1-8(2)14-7-11(12-4)10-5-6-13-9(10)3/h5-6,8,11-12H,7H2,1-4H3. The third-order valence-electron chi connectivity index (χ3n) is 2.22. The Bertz CT molecular complexity index is 268. The van der Waals surface area contributed by atoms with Crippen LogP contribution in [0.15, 0.2) is 16.7 Å². The van der Waals surface area contributed by atoms with Crippen molar-refractivity contribution in [2.24, 2.45) is 0 Å². The maximum atomic E-state index is 5.57. The molecule has 0 amide bonds. The Morgan fingerprint density at radius 3 is 2.64 bits per heavy atom. The van der Waals surface area contributed by atoms with E-state index < -0.39 is 0 Å². The van der Waals surface area contributed by atoms with Gasteiger partial charge in [0.2, 0.25) is 0 Å². The summed E-state index contributed by atoms with van der Waals surface area (Å²) in [4.78, 5) is 0. The number of rotatable bonds is 5. The van der Waals surface area contributed by atoms with Crippen LogP contribution in [0.1, 0.15) is 31.2 Å². The van der Waals surface area contributed by atoms with Crippen molar-refractivity contribution in [1.82, 2.24) is 5.32 Å². The minimum Gasteiger partial charge on any atom is -0.469 e. The van der Waals surface area contributed by atoms with Gasteiger partial charge in [-0.15, -0.1) is 0 Å². The Morgan fingerprint density at radius 1 is 1.50 bits per heavy atom. The van der Waals surface area contributed by atoms with Gasteiger partial charge >= 0.3 is 0 Å². The van der Waals surface area contributed by atoms with Crippen LogP contribution in [0.25, 0.3) is 0 Å². The number of hydrogen-bond donors (Lipinski definition) is 1. The second-order valence-corrected chi connectivity index (χ2v) is 3.66. The van der Waals surface area contributed by atoms with Gasteiger partial charge in [0.05, 0.1) is 25.0 Å². The van der Waals surface area contributed by atoms with Crippen LogP contribution in [0.5, 0.6) is 0 Å². The third kappa shape index (κ3) is 2.86. The van der Waals surface area contributed by atoms with Crippen LogP contribution >= 0.6 is 0 Å². The van der Waals surface area contributed by atoms with Crippen LogP contribution in [0.4, 0.5) is 0 Å². The van der Waals surface area contributed by atoms with E-state index in [2.05, 4.69) is 5.32 Å². The molecule has 3 nitrogen and oxygen atoms in total. The molecule has 80 valence electrons. The fourth-order valence-electron chi connectivity index (χ4n) is 1.37. The molecule has 0 aliphatic heterocycles. The van der Waals surface area contributed by atoms with Crippen molar-refractivity contribution in [2.45, 2.75) is 32.9 Å². The first-order valence-electron chi connectivity index (χ1n) is 4.98. The van der Waals surface area contributed by atoms with Crippen LogP contribution in [0, 0.1) is 6.92 Å². The quantitative estimate of drug-likeness (QED) is 0.786. The zero-order chi connectivity index (χ0) is 10.6. The Labute approximate surface area is 85.4 Å². The van der Waals surface area contributed by atoms with Crippen LogP contribution in [-0.2, 0) is 4.74 Å². The molecule has 1 rings (SSSR count). The summed E-state index contributed by atoms with van der Waals surface area (Å²) in [5.74, 6) is 0.955. The lowest BCUT2D eigenvalue weighted by molar-refractivity contribution is 0.0623. The second kappa shape index (κ2) is 5.17. The summed E-state index contributed by atoms with van der Waals surface area (Å²) in [7, 11) is 1.93. The number of likely N-dealkylation sites (N-methyl/N-ethyl adjacent to an activating group) is 1. The van der Waals surface area contributed by atoms with Gasteiger partial charge in [-0.1, -0.05) is 0 Å². The summed E-state index contributed by atoms with van der Waals surface area (Å²) in [6.45, 7) is 6.72. The first-order chi connectivity index (χ1) is 6.65. The van der Waals surface area contributed by atoms with E-state index in [1.807, 2.05) is 33.9 Å². The average Bonchev–Trinajstić information content (AvgIpc) is 2.53. The number of ether oxygens (including phenoxy) is 1. The summed E-state index contributed by atoms with van der Waals surface area (Å²) in [5, 5.41) is 3.22. The van der Waals surface area contributed by atoms with Crippen molar-refractivity contribution in [1.29, 1.82) is 0 Å². The normalized spacial score (nSPS) is 13.5. The first-order valence-corrected chi connectivity index (χ1v) is 4.98. The Morgan fingerprint density at radius 2 is 2.21 bits per heavy atom. The molecule has 14 heavy (non-hydrogen) atoms. The highest BCUT2D eigenvalue weighted by Gasteiger charge is 2.14. The van der Waals surface area contributed by atoms with Gasteiger partial charge in [0, 0.05) is 5.56 Å². The summed E-state index contributed by atoms with van der Waals surface area (Å²) in [6, 6.07) is 2.20. The van der Waals surface area contributed by atoms with Gasteiger partial charge in [-0.3, -0.25) is 0 Å². The van der Waals surface area contributed by atoms with E-state index in [-0.39, 0.29) is 12.1 Å². The fraction of sp³-hybridized carbons (Fsp3) is 0.636. The second-order valence-electron chi connectivity index (χ2n) is 3.66. The molecule has 1 aromatic heterocycles. The molecule has 0 fully saturated rings. The first kappa shape index (κ1) is 11.3. The van der Waals surface area contributed by atoms with Crippen molar-refractivity contribution >= 4 is 0 Å². The highest BCUT2D eigenvalue weighted by Crippen LogP contribution is 2.18. The van der Waals surface area contributed by atoms with E-state index >= 15 is 0 Å². The SMILES string of the molecule is CNC(COC(C)C)c1ccoc1C. The molecule has 3 heteroatoms. The van der Waals surface area contributed by atoms with Crippen LogP contribution in [-0.4, -0.2) is 19.8 Å². The number of hydrogen-bond acceptors (Lipinski definition) is 3. The van der Waals surface area contributed by atoms with E-state index in [0.717, 1.165) is 5.76 Å². The molecule has 1 unspecified atom stereocenters. The zero-order valence-corrected chi connectivity index (χ0v) is 9.33. The molecule has 1 N–H and O–H groups in total. The van der Waals surface area contributed by atoms with Gasteiger partial charge in [0.25, 0.3) is 0 Å². The smallest absolute Gasteiger partial charge is 0.105 e. The molecular formula is C11H19NO2. The molecule has 1 aromatic rings. The van der Waals surface area contributed by atoms with Gasteiger partial charge < -0.3 is 14.5 Å². The lowest BCUT2D eigenvalue weighted by Gasteiger charge is -2.17. The molecule has 0 radical (unpaired) electrons. The Balaban J connectivity index is 2.58. The maximum absolute atomic E-state index is 5.57. The molecule has 0 aliphatic rings. The number of nitrogens with one attached hydrogen (secondary N) is 1. The molecule has 0 aliphatic carbocycles. The van der Waals surface area contributed by atoms with Gasteiger partial charge in [-0.2, -0.15) is 0 Å². The molecule has 0 saturated heterocycles. The monoisotopic (exact) mass is 197 g/mol. The predicted octanol–water partition coefficient (Wildman–Crippen LogP) is 2.27. The van der Waals surface area contributed by atoms with Crippen LogP contribution in [0.2, 0.25) is 0 Å². The van der Waals surface area contributed by atoms with Crippen molar-refractivity contribution in [3.05, 3.63) is 23.7 Å². The van der Waals surface area contributed by atoms with Gasteiger partial charge in [-0.05, 0) is 33.9 Å². The molecule has 0 saturated carbocycles. The number of aryl methyl sites for hydroxylation is 1. The van der Waals surface area contributed by atoms with Crippen LogP contribution < -0.4 is 5.32 Å². The predicted molar refractivity (Wildman–Crippen MR) is 56.3 cm³/mol. The molecule has 0 spiro atoms. The van der Waals surface area contributed by atoms with Crippen molar-refractivity contribution in [2.75, 3.05) is 13.7 Å². The minimum atomic E-state index is 0.219. The summed E-state index contributed by atoms with van der Waals surface area (Å²) in [6.07, 6.45) is 1.97. The lowest BCUT2D eigenvalue weighted by atomic mass is 10.1. The fourth-order valence-corrected chi connectivity index (χ4v) is 1.37. The minimum absolute atomic E-state index is 0.219. The Kier molecular flexibility index (Phi) is 4.17. The maximum Gasteiger partial charge on any atom is 0.105 e.